The fraction of sp³-hybridized carbons (Fsp3) is 0.333. The minimum absolute atomic E-state index is 0.280. The van der Waals surface area contributed by atoms with Crippen molar-refractivity contribution in [3.8, 4) is 11.4 Å². The van der Waals surface area contributed by atoms with Gasteiger partial charge in [0.2, 0.25) is 0 Å². The molecule has 0 saturated carbocycles. The second-order valence-corrected chi connectivity index (χ2v) is 4.57. The monoisotopic (exact) mass is 288 g/mol. The first kappa shape index (κ1) is 15.2. The second kappa shape index (κ2) is 7.56. The smallest absolute Gasteiger partial charge is 0.163 e. The molecule has 0 spiro atoms. The zero-order valence-corrected chi connectivity index (χ0v) is 12.2. The van der Waals surface area contributed by atoms with E-state index in [1.807, 2.05) is 30.3 Å². The van der Waals surface area contributed by atoms with Crippen LogP contribution in [0.2, 0.25) is 0 Å². The summed E-state index contributed by atoms with van der Waals surface area (Å²) in [7, 11) is 3.36. The third-order valence-electron chi connectivity index (χ3n) is 2.89. The molecule has 0 saturated heterocycles. The lowest BCUT2D eigenvalue weighted by molar-refractivity contribution is 0.0727. The third-order valence-corrected chi connectivity index (χ3v) is 2.89. The topological polar surface area (TPSA) is 79.3 Å². The van der Waals surface area contributed by atoms with Gasteiger partial charge in [-0.1, -0.05) is 30.3 Å². The Morgan fingerprint density at radius 1 is 1.19 bits per heavy atom. The van der Waals surface area contributed by atoms with Crippen LogP contribution in [0, 0.1) is 0 Å². The van der Waals surface area contributed by atoms with Crippen molar-refractivity contribution in [3.63, 3.8) is 0 Å². The number of hydrogen-bond donors (Lipinski definition) is 3. The number of nitrogens with zero attached hydrogens (tertiary/aromatic N) is 2. The SMILES string of the molecule is CNc1cc(NCC(O)COC)nc(-c2ccccc2)n1. The van der Waals surface area contributed by atoms with E-state index in [1.54, 1.807) is 20.2 Å². The van der Waals surface area contributed by atoms with Gasteiger partial charge in [-0.05, 0) is 0 Å². The van der Waals surface area contributed by atoms with Crippen molar-refractivity contribution in [1.82, 2.24) is 9.97 Å². The quantitative estimate of drug-likeness (QED) is 0.718. The zero-order chi connectivity index (χ0) is 15.1. The van der Waals surface area contributed by atoms with Gasteiger partial charge in [-0.25, -0.2) is 9.97 Å². The van der Waals surface area contributed by atoms with Gasteiger partial charge in [0, 0.05) is 32.3 Å². The van der Waals surface area contributed by atoms with Crippen LogP contribution in [0.5, 0.6) is 0 Å². The average molecular weight is 288 g/mol. The first-order valence-corrected chi connectivity index (χ1v) is 6.76. The first-order chi connectivity index (χ1) is 10.2. The fourth-order valence-corrected chi connectivity index (χ4v) is 1.86. The third kappa shape index (κ3) is 4.40. The van der Waals surface area contributed by atoms with Crippen molar-refractivity contribution in [2.45, 2.75) is 6.10 Å². The van der Waals surface area contributed by atoms with Crippen molar-refractivity contribution in [2.24, 2.45) is 0 Å². The predicted molar refractivity (Wildman–Crippen MR) is 83.4 cm³/mol. The molecule has 0 aliphatic heterocycles. The number of aromatic nitrogens is 2. The minimum Gasteiger partial charge on any atom is -0.389 e. The Bertz CT molecular complexity index is 563. The molecule has 0 aliphatic carbocycles. The van der Waals surface area contributed by atoms with E-state index in [0.29, 0.717) is 24.0 Å². The maximum absolute atomic E-state index is 9.68. The molecule has 21 heavy (non-hydrogen) atoms. The van der Waals surface area contributed by atoms with Gasteiger partial charge in [0.05, 0.1) is 12.7 Å². The van der Waals surface area contributed by atoms with Crippen LogP contribution in [0.15, 0.2) is 36.4 Å². The largest absolute Gasteiger partial charge is 0.389 e. The molecule has 2 rings (SSSR count). The number of ether oxygens (including phenoxy) is 1. The molecule has 1 aromatic carbocycles. The average Bonchev–Trinajstić information content (AvgIpc) is 2.54. The van der Waals surface area contributed by atoms with Gasteiger partial charge in [0.15, 0.2) is 5.82 Å². The van der Waals surface area contributed by atoms with Crippen molar-refractivity contribution in [2.75, 3.05) is 37.9 Å². The summed E-state index contributed by atoms with van der Waals surface area (Å²) in [5.41, 5.74) is 0.940. The van der Waals surface area contributed by atoms with Crippen LogP contribution in [-0.4, -0.2) is 48.5 Å². The highest BCUT2D eigenvalue weighted by Gasteiger charge is 2.08. The number of methoxy groups -OCH3 is 1. The van der Waals surface area contributed by atoms with Gasteiger partial charge >= 0.3 is 0 Å². The molecule has 2 aromatic rings. The summed E-state index contributed by atoms with van der Waals surface area (Å²) in [6, 6.07) is 11.6. The summed E-state index contributed by atoms with van der Waals surface area (Å²) in [5.74, 6) is 2.00. The van der Waals surface area contributed by atoms with E-state index in [2.05, 4.69) is 20.6 Å². The van der Waals surface area contributed by atoms with Gasteiger partial charge < -0.3 is 20.5 Å². The Kier molecular flexibility index (Phi) is 5.48. The molecule has 1 heterocycles. The second-order valence-electron chi connectivity index (χ2n) is 4.57. The maximum atomic E-state index is 9.68. The fourth-order valence-electron chi connectivity index (χ4n) is 1.86. The Morgan fingerprint density at radius 2 is 1.90 bits per heavy atom. The van der Waals surface area contributed by atoms with E-state index in [1.165, 1.54) is 0 Å². The number of anilines is 2. The van der Waals surface area contributed by atoms with Gasteiger partial charge in [0.1, 0.15) is 11.6 Å². The van der Waals surface area contributed by atoms with E-state index in [-0.39, 0.29) is 6.61 Å². The number of nitrogens with one attached hydrogen (secondary N) is 2. The van der Waals surface area contributed by atoms with Crippen molar-refractivity contribution in [1.29, 1.82) is 0 Å². The number of aliphatic hydroxyl groups excluding tert-OH is 1. The Hall–Kier alpha value is -2.18. The lowest BCUT2D eigenvalue weighted by Crippen LogP contribution is -2.24. The van der Waals surface area contributed by atoms with Crippen LogP contribution < -0.4 is 10.6 Å². The number of aliphatic hydroxyl groups is 1. The normalized spacial score (nSPS) is 12.0. The lowest BCUT2D eigenvalue weighted by atomic mass is 10.2. The van der Waals surface area contributed by atoms with E-state index < -0.39 is 6.10 Å². The molecule has 1 atom stereocenters. The summed E-state index contributed by atoms with van der Waals surface area (Å²) in [6.07, 6.45) is -0.580. The van der Waals surface area contributed by atoms with Crippen molar-refractivity contribution in [3.05, 3.63) is 36.4 Å². The van der Waals surface area contributed by atoms with Gasteiger partial charge in [0.25, 0.3) is 0 Å². The molecule has 0 bridgehead atoms. The summed E-state index contributed by atoms with van der Waals surface area (Å²) >= 11 is 0. The summed E-state index contributed by atoms with van der Waals surface area (Å²) in [4.78, 5) is 8.91. The van der Waals surface area contributed by atoms with Crippen molar-refractivity contribution >= 4 is 11.6 Å². The first-order valence-electron chi connectivity index (χ1n) is 6.76. The van der Waals surface area contributed by atoms with Crippen LogP contribution >= 0.6 is 0 Å². The highest BCUT2D eigenvalue weighted by Crippen LogP contribution is 2.19. The Morgan fingerprint density at radius 3 is 2.57 bits per heavy atom. The summed E-state index contributed by atoms with van der Waals surface area (Å²) in [6.45, 7) is 0.644. The Labute approximate surface area is 124 Å². The molecule has 6 nitrogen and oxygen atoms in total. The van der Waals surface area contributed by atoms with E-state index >= 15 is 0 Å². The van der Waals surface area contributed by atoms with Gasteiger partial charge in [-0.3, -0.25) is 0 Å². The standard InChI is InChI=1S/C15H20N4O2/c1-16-13-8-14(17-9-12(20)10-21-2)19-15(18-13)11-6-4-3-5-7-11/h3-8,12,20H,9-10H2,1-2H3,(H2,16,17,18,19). The Balaban J connectivity index is 2.18. The molecule has 112 valence electrons. The molecule has 0 radical (unpaired) electrons. The van der Waals surface area contributed by atoms with E-state index in [4.69, 9.17) is 4.74 Å². The molecule has 1 unspecified atom stereocenters. The van der Waals surface area contributed by atoms with Crippen molar-refractivity contribution < 1.29 is 9.84 Å². The minimum atomic E-state index is -0.580. The molecule has 0 amide bonds. The molecule has 0 aliphatic rings. The molecular weight excluding hydrogens is 268 g/mol. The molecule has 6 heteroatoms. The lowest BCUT2D eigenvalue weighted by Gasteiger charge is -2.13. The molecule has 0 fully saturated rings. The highest BCUT2D eigenvalue weighted by molar-refractivity contribution is 5.61. The van der Waals surface area contributed by atoms with Crippen LogP contribution in [-0.2, 0) is 4.74 Å². The van der Waals surface area contributed by atoms with Crippen LogP contribution in [0.1, 0.15) is 0 Å². The predicted octanol–water partition coefficient (Wildman–Crippen LogP) is 1.60. The number of rotatable bonds is 7. The zero-order valence-electron chi connectivity index (χ0n) is 12.2. The van der Waals surface area contributed by atoms with Crippen LogP contribution in [0.3, 0.4) is 0 Å². The van der Waals surface area contributed by atoms with E-state index in [9.17, 15) is 5.11 Å². The van der Waals surface area contributed by atoms with E-state index in [0.717, 1.165) is 5.56 Å². The highest BCUT2D eigenvalue weighted by atomic mass is 16.5. The van der Waals surface area contributed by atoms with Gasteiger partial charge in [-0.15, -0.1) is 0 Å². The number of hydrogen-bond acceptors (Lipinski definition) is 6. The van der Waals surface area contributed by atoms with Gasteiger partial charge in [-0.2, -0.15) is 0 Å². The molecular formula is C15H20N4O2. The summed E-state index contributed by atoms with van der Waals surface area (Å²) in [5, 5.41) is 15.8. The maximum Gasteiger partial charge on any atom is 0.163 e. The molecule has 3 N–H and O–H groups in total. The van der Waals surface area contributed by atoms with Crippen LogP contribution in [0.4, 0.5) is 11.6 Å². The van der Waals surface area contributed by atoms with Crippen LogP contribution in [0.25, 0.3) is 11.4 Å². The molecule has 1 aromatic heterocycles. The summed E-state index contributed by atoms with van der Waals surface area (Å²) < 4.78 is 4.89. The number of benzene rings is 1.